The van der Waals surface area contributed by atoms with Crippen molar-refractivity contribution in [2.45, 2.75) is 83.6 Å². The van der Waals surface area contributed by atoms with Crippen LogP contribution in [0.5, 0.6) is 0 Å². The molecule has 1 N–H and O–H groups in total. The van der Waals surface area contributed by atoms with Gasteiger partial charge in [-0.1, -0.05) is 0 Å². The minimum atomic E-state index is -0.555. The zero-order valence-electron chi connectivity index (χ0n) is 18.7. The lowest BCUT2D eigenvalue weighted by Crippen LogP contribution is -2.51. The Bertz CT molecular complexity index is 732. The van der Waals surface area contributed by atoms with Gasteiger partial charge in [0.25, 0.3) is 0 Å². The Balaban J connectivity index is 1.70. The van der Waals surface area contributed by atoms with Crippen molar-refractivity contribution in [1.82, 2.24) is 14.7 Å². The molecule has 0 unspecified atom stereocenters. The van der Waals surface area contributed by atoms with Crippen molar-refractivity contribution in [2.75, 3.05) is 19.7 Å². The Kier molecular flexibility index (Phi) is 5.56. The SMILES string of the molecule is CC(C)(C)OC(=O)N1CCC(CO)(n2cc(B3OC(C)(C)C(C)(C)O3)cn2)CC1. The van der Waals surface area contributed by atoms with Gasteiger partial charge in [-0.3, -0.25) is 4.68 Å². The van der Waals surface area contributed by atoms with E-state index in [1.54, 1.807) is 15.8 Å². The van der Waals surface area contributed by atoms with E-state index in [2.05, 4.69) is 5.10 Å². The highest BCUT2D eigenvalue weighted by Crippen LogP contribution is 2.37. The quantitative estimate of drug-likeness (QED) is 0.771. The molecule has 8 nitrogen and oxygen atoms in total. The molecule has 162 valence electrons. The number of ether oxygens (including phenoxy) is 1. The molecule has 2 aliphatic rings. The summed E-state index contributed by atoms with van der Waals surface area (Å²) in [6, 6.07) is 0. The van der Waals surface area contributed by atoms with Gasteiger partial charge < -0.3 is 24.1 Å². The van der Waals surface area contributed by atoms with E-state index in [0.29, 0.717) is 25.9 Å². The van der Waals surface area contributed by atoms with E-state index >= 15 is 0 Å². The molecule has 3 rings (SSSR count). The van der Waals surface area contributed by atoms with Crippen molar-refractivity contribution in [3.8, 4) is 0 Å². The lowest BCUT2D eigenvalue weighted by Gasteiger charge is -2.41. The standard InChI is InChI=1S/C20H34BN3O5/c1-17(2,3)27-16(26)23-10-8-20(14-25,9-11-23)24-13-15(12-22-24)21-28-18(4,5)19(6,7)29-21/h12-13,25H,8-11,14H2,1-7H3. The zero-order valence-corrected chi connectivity index (χ0v) is 18.7. The molecule has 0 spiro atoms. The molecule has 1 aromatic rings. The third kappa shape index (κ3) is 4.32. The van der Waals surface area contributed by atoms with E-state index in [9.17, 15) is 9.90 Å². The number of amides is 1. The van der Waals surface area contributed by atoms with Crippen molar-refractivity contribution in [3.63, 3.8) is 0 Å². The van der Waals surface area contributed by atoms with Crippen LogP contribution in [0.2, 0.25) is 0 Å². The van der Waals surface area contributed by atoms with E-state index in [-0.39, 0.29) is 12.7 Å². The summed E-state index contributed by atoms with van der Waals surface area (Å²) in [5.41, 5.74) is -1.10. The number of rotatable bonds is 3. The second-order valence-corrected chi connectivity index (χ2v) is 10.2. The number of hydrogen-bond acceptors (Lipinski definition) is 6. The molecule has 9 heteroatoms. The van der Waals surface area contributed by atoms with Crippen LogP contribution >= 0.6 is 0 Å². The highest BCUT2D eigenvalue weighted by molar-refractivity contribution is 6.62. The number of nitrogens with zero attached hydrogens (tertiary/aromatic N) is 3. The molecule has 3 heterocycles. The average molecular weight is 407 g/mol. The minimum absolute atomic E-state index is 0.0559. The van der Waals surface area contributed by atoms with Gasteiger partial charge in [0.15, 0.2) is 0 Å². The first kappa shape index (κ1) is 22.1. The molecule has 29 heavy (non-hydrogen) atoms. The molecule has 0 aromatic carbocycles. The van der Waals surface area contributed by atoms with Crippen LogP contribution in [0.3, 0.4) is 0 Å². The van der Waals surface area contributed by atoms with E-state index in [0.717, 1.165) is 5.46 Å². The van der Waals surface area contributed by atoms with Crippen molar-refractivity contribution in [1.29, 1.82) is 0 Å². The molecule has 1 amide bonds. The predicted molar refractivity (Wildman–Crippen MR) is 110 cm³/mol. The van der Waals surface area contributed by atoms with Gasteiger partial charge >= 0.3 is 13.2 Å². The van der Waals surface area contributed by atoms with Gasteiger partial charge in [0.05, 0.1) is 23.3 Å². The fourth-order valence-corrected chi connectivity index (χ4v) is 3.59. The van der Waals surface area contributed by atoms with Crippen molar-refractivity contribution in [3.05, 3.63) is 12.4 Å². The summed E-state index contributed by atoms with van der Waals surface area (Å²) in [6.45, 7) is 14.6. The Morgan fingerprint density at radius 1 is 1.21 bits per heavy atom. The normalized spacial score (nSPS) is 23.3. The van der Waals surface area contributed by atoms with Crippen LogP contribution in [0.25, 0.3) is 0 Å². The Morgan fingerprint density at radius 2 is 1.76 bits per heavy atom. The van der Waals surface area contributed by atoms with Crippen molar-refractivity contribution in [2.24, 2.45) is 0 Å². The average Bonchev–Trinajstić information content (AvgIpc) is 3.17. The van der Waals surface area contributed by atoms with Crippen LogP contribution in [-0.4, -0.2) is 69.5 Å². The fraction of sp³-hybridized carbons (Fsp3) is 0.800. The highest BCUT2D eigenvalue weighted by atomic mass is 16.7. The van der Waals surface area contributed by atoms with Gasteiger partial charge in [-0.05, 0) is 61.3 Å². The molecule has 0 atom stereocenters. The van der Waals surface area contributed by atoms with Gasteiger partial charge in [-0.2, -0.15) is 5.10 Å². The van der Waals surface area contributed by atoms with Crippen LogP contribution in [0.4, 0.5) is 4.79 Å². The van der Waals surface area contributed by atoms with Crippen LogP contribution < -0.4 is 5.46 Å². The first-order chi connectivity index (χ1) is 13.3. The van der Waals surface area contributed by atoms with Gasteiger partial charge in [-0.15, -0.1) is 0 Å². The Labute approximate surface area is 173 Å². The smallest absolute Gasteiger partial charge is 0.444 e. The lowest BCUT2D eigenvalue weighted by atomic mass is 9.81. The Morgan fingerprint density at radius 3 is 2.24 bits per heavy atom. The maximum Gasteiger partial charge on any atom is 0.498 e. The molecule has 1 aromatic heterocycles. The molecular formula is C20H34BN3O5. The summed E-state index contributed by atoms with van der Waals surface area (Å²) in [7, 11) is -0.494. The van der Waals surface area contributed by atoms with Gasteiger partial charge in [0, 0.05) is 30.9 Å². The Hall–Kier alpha value is -1.58. The van der Waals surface area contributed by atoms with Crippen LogP contribution in [-0.2, 0) is 19.6 Å². The minimum Gasteiger partial charge on any atom is -0.444 e. The van der Waals surface area contributed by atoms with E-state index in [1.807, 2.05) is 54.7 Å². The predicted octanol–water partition coefficient (Wildman–Crippen LogP) is 1.90. The zero-order chi connectivity index (χ0) is 21.7. The molecule has 0 saturated carbocycles. The number of carbonyl (C=O) groups excluding carboxylic acids is 1. The third-order valence-corrected chi connectivity index (χ3v) is 6.25. The fourth-order valence-electron chi connectivity index (χ4n) is 3.59. The van der Waals surface area contributed by atoms with Gasteiger partial charge in [-0.25, -0.2) is 4.79 Å². The molecular weight excluding hydrogens is 373 g/mol. The number of piperidine rings is 1. The van der Waals surface area contributed by atoms with Crippen LogP contribution in [0.15, 0.2) is 12.4 Å². The number of aromatic nitrogens is 2. The molecule has 0 radical (unpaired) electrons. The lowest BCUT2D eigenvalue weighted by molar-refractivity contribution is 0.000166. The number of likely N-dealkylation sites (tertiary alicyclic amines) is 1. The summed E-state index contributed by atoms with van der Waals surface area (Å²) >= 11 is 0. The summed E-state index contributed by atoms with van der Waals surface area (Å²) in [4.78, 5) is 14.0. The number of aliphatic hydroxyl groups excluding tert-OH is 1. The van der Waals surface area contributed by atoms with Crippen molar-refractivity contribution >= 4 is 18.7 Å². The topological polar surface area (TPSA) is 86.0 Å². The second-order valence-electron chi connectivity index (χ2n) is 10.2. The molecule has 2 aliphatic heterocycles. The highest BCUT2D eigenvalue weighted by Gasteiger charge is 2.52. The molecule has 2 saturated heterocycles. The number of aliphatic hydroxyl groups is 1. The van der Waals surface area contributed by atoms with Crippen LogP contribution in [0.1, 0.15) is 61.3 Å². The third-order valence-electron chi connectivity index (χ3n) is 6.25. The summed E-state index contributed by atoms with van der Waals surface area (Å²) in [5.74, 6) is 0. The van der Waals surface area contributed by atoms with Crippen molar-refractivity contribution < 1.29 is 23.9 Å². The van der Waals surface area contributed by atoms with Crippen LogP contribution in [0, 0.1) is 0 Å². The molecule has 2 fully saturated rings. The van der Waals surface area contributed by atoms with E-state index in [1.165, 1.54) is 0 Å². The molecule has 0 aliphatic carbocycles. The number of hydrogen-bond donors (Lipinski definition) is 1. The first-order valence-corrected chi connectivity index (χ1v) is 10.3. The van der Waals surface area contributed by atoms with E-state index < -0.39 is 29.5 Å². The molecule has 0 bridgehead atoms. The van der Waals surface area contributed by atoms with Gasteiger partial charge in [0.2, 0.25) is 0 Å². The first-order valence-electron chi connectivity index (χ1n) is 10.3. The number of carbonyl (C=O) groups is 1. The second kappa shape index (κ2) is 7.28. The summed E-state index contributed by atoms with van der Waals surface area (Å²) in [6.07, 6.45) is 4.49. The maximum absolute atomic E-state index is 12.3. The maximum atomic E-state index is 12.3. The summed E-state index contributed by atoms with van der Waals surface area (Å²) < 4.78 is 19.5. The van der Waals surface area contributed by atoms with Gasteiger partial charge in [0.1, 0.15) is 5.60 Å². The monoisotopic (exact) mass is 407 g/mol. The summed E-state index contributed by atoms with van der Waals surface area (Å²) in [5, 5.41) is 14.7. The largest absolute Gasteiger partial charge is 0.498 e. The van der Waals surface area contributed by atoms with E-state index in [4.69, 9.17) is 14.0 Å².